The van der Waals surface area contributed by atoms with Gasteiger partial charge in [-0.15, -0.1) is 0 Å². The fourth-order valence-corrected chi connectivity index (χ4v) is 0.620. The van der Waals surface area contributed by atoms with Gasteiger partial charge in [0.1, 0.15) is 12.7 Å². The first-order valence-electron chi connectivity index (χ1n) is 3.28. The zero-order valence-corrected chi connectivity index (χ0v) is 7.78. The SMILES string of the molecule is F/C(OCC1CO1)=C(\Br)C(F)(F)F. The minimum atomic E-state index is -4.76. The van der Waals surface area contributed by atoms with Gasteiger partial charge in [-0.2, -0.15) is 17.6 Å². The Morgan fingerprint density at radius 2 is 2.08 bits per heavy atom. The summed E-state index contributed by atoms with van der Waals surface area (Å²) < 4.78 is 55.1. The lowest BCUT2D eigenvalue weighted by atomic mass is 10.5. The third kappa shape index (κ3) is 3.51. The van der Waals surface area contributed by atoms with Crippen molar-refractivity contribution in [2.75, 3.05) is 13.2 Å². The predicted molar refractivity (Wildman–Crippen MR) is 38.8 cm³/mol. The number of alkyl halides is 3. The molecular weight excluding hydrogens is 260 g/mol. The molecule has 2 nitrogen and oxygen atoms in total. The average molecular weight is 265 g/mol. The minimum Gasteiger partial charge on any atom is -0.467 e. The van der Waals surface area contributed by atoms with Crippen LogP contribution in [0.4, 0.5) is 17.6 Å². The van der Waals surface area contributed by atoms with Crippen LogP contribution in [-0.2, 0) is 9.47 Å². The monoisotopic (exact) mass is 264 g/mol. The quantitative estimate of drug-likeness (QED) is 0.444. The van der Waals surface area contributed by atoms with Crippen molar-refractivity contribution in [1.82, 2.24) is 0 Å². The third-order valence-electron chi connectivity index (χ3n) is 1.22. The maximum Gasteiger partial charge on any atom is 0.428 e. The predicted octanol–water partition coefficient (Wildman–Crippen LogP) is 2.50. The van der Waals surface area contributed by atoms with E-state index in [-0.39, 0.29) is 12.7 Å². The second-order valence-electron chi connectivity index (χ2n) is 2.35. The second kappa shape index (κ2) is 3.83. The van der Waals surface area contributed by atoms with Gasteiger partial charge in [0.05, 0.1) is 6.61 Å². The number of allylic oxidation sites excluding steroid dienone is 1. The van der Waals surface area contributed by atoms with Gasteiger partial charge >= 0.3 is 6.18 Å². The largest absolute Gasteiger partial charge is 0.467 e. The first-order chi connectivity index (χ1) is 5.91. The van der Waals surface area contributed by atoms with Crippen molar-refractivity contribution < 1.29 is 27.0 Å². The molecule has 0 radical (unpaired) electrons. The van der Waals surface area contributed by atoms with Gasteiger partial charge in [0.2, 0.25) is 0 Å². The van der Waals surface area contributed by atoms with Crippen molar-refractivity contribution in [1.29, 1.82) is 0 Å². The lowest BCUT2D eigenvalue weighted by Crippen LogP contribution is -2.10. The molecular formula is C6H5BrF4O2. The van der Waals surface area contributed by atoms with E-state index in [1.165, 1.54) is 0 Å². The van der Waals surface area contributed by atoms with Crippen molar-refractivity contribution in [3.8, 4) is 0 Å². The van der Waals surface area contributed by atoms with Crippen LogP contribution in [0.1, 0.15) is 0 Å². The standard InChI is InChI=1S/C6H5BrF4O2/c7-4(6(9,10)11)5(8)13-2-3-1-12-3/h3H,1-2H2/b5-4+. The van der Waals surface area contributed by atoms with Gasteiger partial charge < -0.3 is 9.47 Å². The van der Waals surface area contributed by atoms with Gasteiger partial charge in [-0.25, -0.2) is 0 Å². The molecule has 0 aromatic carbocycles. The molecule has 76 valence electrons. The number of epoxide rings is 1. The number of halogens is 5. The summed E-state index contributed by atoms with van der Waals surface area (Å²) in [7, 11) is 0. The van der Waals surface area contributed by atoms with E-state index in [0.29, 0.717) is 6.61 Å². The highest BCUT2D eigenvalue weighted by Crippen LogP contribution is 2.33. The van der Waals surface area contributed by atoms with Crippen LogP contribution in [0, 0.1) is 0 Å². The van der Waals surface area contributed by atoms with E-state index in [4.69, 9.17) is 0 Å². The van der Waals surface area contributed by atoms with E-state index in [9.17, 15) is 17.6 Å². The van der Waals surface area contributed by atoms with Crippen molar-refractivity contribution in [3.63, 3.8) is 0 Å². The van der Waals surface area contributed by atoms with Crippen LogP contribution in [0.2, 0.25) is 0 Å². The molecule has 0 aliphatic carbocycles. The van der Waals surface area contributed by atoms with Crippen LogP contribution in [0.25, 0.3) is 0 Å². The lowest BCUT2D eigenvalue weighted by Gasteiger charge is -2.06. The summed E-state index contributed by atoms with van der Waals surface area (Å²) >= 11 is 2.05. The number of rotatable bonds is 3. The van der Waals surface area contributed by atoms with Crippen LogP contribution < -0.4 is 0 Å². The third-order valence-corrected chi connectivity index (χ3v) is 1.98. The highest BCUT2D eigenvalue weighted by atomic mass is 79.9. The van der Waals surface area contributed by atoms with Gasteiger partial charge in [-0.05, 0) is 15.9 Å². The number of hydrogen-bond acceptors (Lipinski definition) is 2. The molecule has 0 aromatic rings. The molecule has 1 unspecified atom stereocenters. The molecule has 0 aromatic heterocycles. The molecule has 13 heavy (non-hydrogen) atoms. The zero-order chi connectivity index (χ0) is 10.1. The van der Waals surface area contributed by atoms with E-state index in [2.05, 4.69) is 9.47 Å². The molecule has 1 heterocycles. The maximum atomic E-state index is 12.5. The first kappa shape index (κ1) is 10.8. The Bertz CT molecular complexity index is 221. The fourth-order valence-electron chi connectivity index (χ4n) is 0.505. The summed E-state index contributed by atoms with van der Waals surface area (Å²) in [5.74, 6) is 0. The Labute approximate surface area is 79.6 Å². The topological polar surface area (TPSA) is 21.8 Å². The van der Waals surface area contributed by atoms with Crippen LogP contribution in [-0.4, -0.2) is 25.5 Å². The molecule has 0 amide bonds. The van der Waals surface area contributed by atoms with E-state index in [1.807, 2.05) is 15.9 Å². The second-order valence-corrected chi connectivity index (χ2v) is 3.14. The fraction of sp³-hybridized carbons (Fsp3) is 0.667. The Morgan fingerprint density at radius 3 is 2.46 bits per heavy atom. The molecule has 1 aliphatic heterocycles. The molecule has 1 atom stereocenters. The summed E-state index contributed by atoms with van der Waals surface area (Å²) in [5, 5.41) is 0. The first-order valence-corrected chi connectivity index (χ1v) is 4.07. The van der Waals surface area contributed by atoms with Crippen LogP contribution in [0.5, 0.6) is 0 Å². The zero-order valence-electron chi connectivity index (χ0n) is 6.20. The van der Waals surface area contributed by atoms with Crippen molar-refractivity contribution in [2.45, 2.75) is 12.3 Å². The normalized spacial score (nSPS) is 23.9. The van der Waals surface area contributed by atoms with Gasteiger partial charge in [0.15, 0.2) is 4.48 Å². The molecule has 0 bridgehead atoms. The molecule has 1 fully saturated rings. The maximum absolute atomic E-state index is 12.5. The van der Waals surface area contributed by atoms with Gasteiger partial charge in [-0.3, -0.25) is 0 Å². The summed E-state index contributed by atoms with van der Waals surface area (Å²) in [6.45, 7) is 0.202. The summed E-state index contributed by atoms with van der Waals surface area (Å²) in [6, 6.07) is -1.66. The Hall–Kier alpha value is -0.300. The molecule has 7 heteroatoms. The summed E-state index contributed by atoms with van der Waals surface area (Å²) in [6.07, 6.45) is -5.03. The number of ether oxygens (including phenoxy) is 2. The lowest BCUT2D eigenvalue weighted by molar-refractivity contribution is -0.0886. The Morgan fingerprint density at radius 1 is 1.54 bits per heavy atom. The molecule has 1 aliphatic rings. The van der Waals surface area contributed by atoms with Crippen LogP contribution in [0.15, 0.2) is 10.5 Å². The Kier molecular flexibility index (Phi) is 3.18. The average Bonchev–Trinajstić information content (AvgIpc) is 2.80. The van der Waals surface area contributed by atoms with Crippen molar-refractivity contribution in [2.24, 2.45) is 0 Å². The smallest absolute Gasteiger partial charge is 0.428 e. The number of hydrogen-bond donors (Lipinski definition) is 0. The van der Waals surface area contributed by atoms with E-state index < -0.39 is 16.7 Å². The minimum absolute atomic E-state index is 0.197. The van der Waals surface area contributed by atoms with Crippen LogP contribution in [0.3, 0.4) is 0 Å². The summed E-state index contributed by atoms with van der Waals surface area (Å²) in [5.41, 5.74) is 0. The van der Waals surface area contributed by atoms with Crippen molar-refractivity contribution in [3.05, 3.63) is 10.5 Å². The van der Waals surface area contributed by atoms with Crippen LogP contribution >= 0.6 is 15.9 Å². The van der Waals surface area contributed by atoms with Gasteiger partial charge in [-0.1, -0.05) is 0 Å². The van der Waals surface area contributed by atoms with Gasteiger partial charge in [0, 0.05) is 0 Å². The van der Waals surface area contributed by atoms with E-state index in [0.717, 1.165) is 0 Å². The molecule has 0 spiro atoms. The molecule has 0 N–H and O–H groups in total. The highest BCUT2D eigenvalue weighted by molar-refractivity contribution is 9.11. The van der Waals surface area contributed by atoms with Gasteiger partial charge in [0.25, 0.3) is 6.01 Å². The van der Waals surface area contributed by atoms with E-state index in [1.54, 1.807) is 0 Å². The highest BCUT2D eigenvalue weighted by Gasteiger charge is 2.37. The van der Waals surface area contributed by atoms with Crippen molar-refractivity contribution >= 4 is 15.9 Å². The molecule has 1 rings (SSSR count). The molecule has 0 saturated carbocycles. The van der Waals surface area contributed by atoms with E-state index >= 15 is 0 Å². The molecule has 1 saturated heterocycles. The Balaban J connectivity index is 2.45. The summed E-state index contributed by atoms with van der Waals surface area (Å²) in [4.78, 5) is 0.